The summed E-state index contributed by atoms with van der Waals surface area (Å²) in [5, 5.41) is 5.79. The lowest BCUT2D eigenvalue weighted by Gasteiger charge is -2.23. The van der Waals surface area contributed by atoms with E-state index in [1.807, 2.05) is 26.1 Å². The number of nitrogens with zero attached hydrogens (tertiary/aromatic N) is 1. The molecule has 0 bridgehead atoms. The zero-order chi connectivity index (χ0) is 16.1. The second-order valence-corrected chi connectivity index (χ2v) is 6.06. The highest BCUT2D eigenvalue weighted by molar-refractivity contribution is 5.87. The molecule has 0 aliphatic heterocycles. The van der Waals surface area contributed by atoms with E-state index >= 15 is 0 Å². The Kier molecular flexibility index (Phi) is 5.21. The van der Waals surface area contributed by atoms with Crippen LogP contribution in [0.15, 0.2) is 24.4 Å². The van der Waals surface area contributed by atoms with Crippen molar-refractivity contribution in [3.05, 3.63) is 24.4 Å². The summed E-state index contributed by atoms with van der Waals surface area (Å²) < 4.78 is 11.4. The van der Waals surface area contributed by atoms with Gasteiger partial charge in [-0.15, -0.1) is 0 Å². The molecular formula is C19H26N2O2. The fraction of sp³-hybridized carbons (Fsp3) is 0.526. The van der Waals surface area contributed by atoms with Gasteiger partial charge in [-0.2, -0.15) is 0 Å². The third-order valence-corrected chi connectivity index (χ3v) is 4.34. The molecule has 1 aliphatic carbocycles. The molecule has 1 fully saturated rings. The fourth-order valence-corrected chi connectivity index (χ4v) is 3.22. The van der Waals surface area contributed by atoms with E-state index in [1.54, 1.807) is 0 Å². The summed E-state index contributed by atoms with van der Waals surface area (Å²) in [4.78, 5) is 4.57. The highest BCUT2D eigenvalue weighted by Gasteiger charge is 2.14. The number of aromatic nitrogens is 1. The van der Waals surface area contributed by atoms with E-state index in [0.717, 1.165) is 28.1 Å². The van der Waals surface area contributed by atoms with Gasteiger partial charge < -0.3 is 14.8 Å². The third kappa shape index (κ3) is 3.87. The molecular weight excluding hydrogens is 288 g/mol. The second-order valence-electron chi connectivity index (χ2n) is 6.06. The van der Waals surface area contributed by atoms with Crippen LogP contribution >= 0.6 is 0 Å². The molecule has 124 valence electrons. The van der Waals surface area contributed by atoms with Crippen LogP contribution in [0.3, 0.4) is 0 Å². The van der Waals surface area contributed by atoms with Crippen molar-refractivity contribution in [3.8, 4) is 11.5 Å². The Hall–Kier alpha value is -1.97. The summed E-state index contributed by atoms with van der Waals surface area (Å²) >= 11 is 0. The Morgan fingerprint density at radius 1 is 0.957 bits per heavy atom. The SMILES string of the molecule is CCOc1cc2cnc(NC3CCCCC3)cc2cc1OCC. The Morgan fingerprint density at radius 3 is 2.26 bits per heavy atom. The van der Waals surface area contributed by atoms with Crippen LogP contribution in [0.4, 0.5) is 5.82 Å². The Morgan fingerprint density at radius 2 is 1.61 bits per heavy atom. The van der Waals surface area contributed by atoms with Crippen LogP contribution in [-0.4, -0.2) is 24.2 Å². The minimum Gasteiger partial charge on any atom is -0.490 e. The molecule has 4 nitrogen and oxygen atoms in total. The van der Waals surface area contributed by atoms with E-state index in [1.165, 1.54) is 32.1 Å². The number of pyridine rings is 1. The average Bonchev–Trinajstić information content (AvgIpc) is 2.57. The first-order chi connectivity index (χ1) is 11.3. The third-order valence-electron chi connectivity index (χ3n) is 4.34. The van der Waals surface area contributed by atoms with Crippen LogP contribution in [0.1, 0.15) is 46.0 Å². The van der Waals surface area contributed by atoms with Gasteiger partial charge in [0.15, 0.2) is 11.5 Å². The largest absolute Gasteiger partial charge is 0.490 e. The maximum absolute atomic E-state index is 5.72. The van der Waals surface area contributed by atoms with Crippen molar-refractivity contribution in [2.45, 2.75) is 52.0 Å². The van der Waals surface area contributed by atoms with Gasteiger partial charge in [0, 0.05) is 17.6 Å². The van der Waals surface area contributed by atoms with Gasteiger partial charge in [0.05, 0.1) is 13.2 Å². The first-order valence-corrected chi connectivity index (χ1v) is 8.76. The maximum atomic E-state index is 5.72. The number of rotatable bonds is 6. The van der Waals surface area contributed by atoms with E-state index in [-0.39, 0.29) is 0 Å². The molecule has 3 rings (SSSR count). The first-order valence-electron chi connectivity index (χ1n) is 8.76. The molecule has 0 unspecified atom stereocenters. The van der Waals surface area contributed by atoms with Gasteiger partial charge in [-0.3, -0.25) is 0 Å². The summed E-state index contributed by atoms with van der Waals surface area (Å²) in [5.74, 6) is 2.55. The van der Waals surface area contributed by atoms with Crippen LogP contribution in [0.25, 0.3) is 10.8 Å². The number of benzene rings is 1. The molecule has 1 aromatic heterocycles. The minimum atomic E-state index is 0.558. The average molecular weight is 314 g/mol. The van der Waals surface area contributed by atoms with Crippen molar-refractivity contribution in [2.75, 3.05) is 18.5 Å². The Balaban J connectivity index is 1.86. The van der Waals surface area contributed by atoms with Gasteiger partial charge in [-0.05, 0) is 50.3 Å². The molecule has 1 saturated carbocycles. The Labute approximate surface area is 138 Å². The molecule has 0 saturated heterocycles. The molecule has 0 spiro atoms. The number of anilines is 1. The van der Waals surface area contributed by atoms with Gasteiger partial charge in [-0.1, -0.05) is 19.3 Å². The standard InChI is InChI=1S/C19H26N2O2/c1-3-22-17-10-14-12-19(21-16-8-6-5-7-9-16)20-13-15(14)11-18(17)23-4-2/h10-13,16H,3-9H2,1-2H3,(H,20,21). The van der Waals surface area contributed by atoms with E-state index in [2.05, 4.69) is 22.4 Å². The monoisotopic (exact) mass is 314 g/mol. The van der Waals surface area contributed by atoms with Crippen molar-refractivity contribution in [3.63, 3.8) is 0 Å². The molecule has 2 aromatic rings. The van der Waals surface area contributed by atoms with E-state index in [0.29, 0.717) is 19.3 Å². The van der Waals surface area contributed by atoms with Crippen LogP contribution < -0.4 is 14.8 Å². The van der Waals surface area contributed by atoms with Crippen molar-refractivity contribution in [2.24, 2.45) is 0 Å². The fourth-order valence-electron chi connectivity index (χ4n) is 3.22. The zero-order valence-electron chi connectivity index (χ0n) is 14.1. The van der Waals surface area contributed by atoms with Gasteiger partial charge in [-0.25, -0.2) is 4.98 Å². The molecule has 1 aromatic carbocycles. The molecule has 1 heterocycles. The van der Waals surface area contributed by atoms with E-state index in [9.17, 15) is 0 Å². The normalized spacial score (nSPS) is 15.6. The summed E-state index contributed by atoms with van der Waals surface area (Å²) in [5.41, 5.74) is 0. The van der Waals surface area contributed by atoms with Gasteiger partial charge in [0.25, 0.3) is 0 Å². The quantitative estimate of drug-likeness (QED) is 0.833. The number of ether oxygens (including phenoxy) is 2. The summed E-state index contributed by atoms with van der Waals surface area (Å²) in [7, 11) is 0. The lowest BCUT2D eigenvalue weighted by atomic mass is 9.95. The summed E-state index contributed by atoms with van der Waals surface area (Å²) in [6.45, 7) is 5.22. The van der Waals surface area contributed by atoms with Crippen molar-refractivity contribution in [1.82, 2.24) is 4.98 Å². The van der Waals surface area contributed by atoms with Gasteiger partial charge in [0.1, 0.15) is 5.82 Å². The highest BCUT2D eigenvalue weighted by Crippen LogP contribution is 2.33. The molecule has 1 aliphatic rings. The molecule has 1 N–H and O–H groups in total. The first kappa shape index (κ1) is 15.9. The van der Waals surface area contributed by atoms with Crippen LogP contribution in [0.5, 0.6) is 11.5 Å². The van der Waals surface area contributed by atoms with Crippen molar-refractivity contribution < 1.29 is 9.47 Å². The smallest absolute Gasteiger partial charge is 0.161 e. The number of hydrogen-bond donors (Lipinski definition) is 1. The molecule has 0 radical (unpaired) electrons. The van der Waals surface area contributed by atoms with E-state index < -0.39 is 0 Å². The van der Waals surface area contributed by atoms with Crippen LogP contribution in [-0.2, 0) is 0 Å². The van der Waals surface area contributed by atoms with Crippen LogP contribution in [0, 0.1) is 0 Å². The summed E-state index contributed by atoms with van der Waals surface area (Å²) in [6.07, 6.45) is 8.40. The molecule has 0 amide bonds. The molecule has 4 heteroatoms. The summed E-state index contributed by atoms with van der Waals surface area (Å²) in [6, 6.07) is 6.74. The predicted octanol–water partition coefficient (Wildman–Crippen LogP) is 4.78. The van der Waals surface area contributed by atoms with Crippen LogP contribution in [0.2, 0.25) is 0 Å². The second kappa shape index (κ2) is 7.53. The predicted molar refractivity (Wildman–Crippen MR) is 94.6 cm³/mol. The zero-order valence-corrected chi connectivity index (χ0v) is 14.1. The Bertz CT molecular complexity index is 651. The molecule has 0 atom stereocenters. The van der Waals surface area contributed by atoms with Crippen molar-refractivity contribution in [1.29, 1.82) is 0 Å². The number of fused-ring (bicyclic) bond motifs is 1. The lowest BCUT2D eigenvalue weighted by molar-refractivity contribution is 0.288. The number of nitrogens with one attached hydrogen (secondary N) is 1. The van der Waals surface area contributed by atoms with Crippen molar-refractivity contribution >= 4 is 16.6 Å². The maximum Gasteiger partial charge on any atom is 0.161 e. The minimum absolute atomic E-state index is 0.558. The van der Waals surface area contributed by atoms with Gasteiger partial charge in [0.2, 0.25) is 0 Å². The number of hydrogen-bond acceptors (Lipinski definition) is 4. The van der Waals surface area contributed by atoms with Gasteiger partial charge >= 0.3 is 0 Å². The highest BCUT2D eigenvalue weighted by atomic mass is 16.5. The lowest BCUT2D eigenvalue weighted by Crippen LogP contribution is -2.22. The molecule has 23 heavy (non-hydrogen) atoms. The van der Waals surface area contributed by atoms with E-state index in [4.69, 9.17) is 9.47 Å². The topological polar surface area (TPSA) is 43.4 Å².